The minimum Gasteiger partial charge on any atom is -0.361 e. The highest BCUT2D eigenvalue weighted by Crippen LogP contribution is 2.17. The number of aromatic nitrogens is 1. The van der Waals surface area contributed by atoms with E-state index in [2.05, 4.69) is 90.1 Å². The smallest absolute Gasteiger partial charge is 0.220 e. The Morgan fingerprint density at radius 2 is 1.45 bits per heavy atom. The van der Waals surface area contributed by atoms with E-state index in [0.717, 1.165) is 56.9 Å². The van der Waals surface area contributed by atoms with Crippen LogP contribution in [0.1, 0.15) is 63.9 Å². The summed E-state index contributed by atoms with van der Waals surface area (Å²) in [6, 6.07) is 8.27. The Kier molecular flexibility index (Phi) is 13.9. The van der Waals surface area contributed by atoms with Crippen LogP contribution in [0.5, 0.6) is 0 Å². The second-order valence-electron chi connectivity index (χ2n) is 8.06. The number of nitrogens with one attached hydrogen (secondary N) is 2. The van der Waals surface area contributed by atoms with Crippen molar-refractivity contribution in [3.8, 4) is 0 Å². The summed E-state index contributed by atoms with van der Waals surface area (Å²) in [5.74, 6) is 0.141. The largest absolute Gasteiger partial charge is 0.361 e. The zero-order valence-electron chi connectivity index (χ0n) is 20.1. The zero-order chi connectivity index (χ0) is 23.4. The molecule has 1 heterocycles. The molecule has 0 aliphatic heterocycles. The van der Waals surface area contributed by atoms with Crippen molar-refractivity contribution in [3.63, 3.8) is 0 Å². The average molecular weight is 445 g/mol. The third-order valence-corrected chi connectivity index (χ3v) is 5.32. The highest BCUT2D eigenvalue weighted by atomic mass is 16.1. The molecule has 0 atom stereocenters. The first-order valence-corrected chi connectivity index (χ1v) is 12.4. The number of hydrogen-bond donors (Lipinski definition) is 2. The van der Waals surface area contributed by atoms with E-state index in [-0.39, 0.29) is 5.91 Å². The van der Waals surface area contributed by atoms with Gasteiger partial charge in [-0.1, -0.05) is 85.9 Å². The molecule has 0 spiro atoms. The maximum Gasteiger partial charge on any atom is 0.220 e. The normalized spacial score (nSPS) is 12.5. The van der Waals surface area contributed by atoms with Crippen LogP contribution < -0.4 is 5.32 Å². The number of unbranched alkanes of at least 4 members (excludes halogenated alkanes) is 1. The predicted molar refractivity (Wildman–Crippen MR) is 143 cm³/mol. The van der Waals surface area contributed by atoms with E-state index in [1.54, 1.807) is 0 Å². The molecule has 33 heavy (non-hydrogen) atoms. The molecule has 0 unspecified atom stereocenters. The maximum atomic E-state index is 12.0. The van der Waals surface area contributed by atoms with E-state index in [4.69, 9.17) is 0 Å². The minimum absolute atomic E-state index is 0.141. The van der Waals surface area contributed by atoms with Gasteiger partial charge < -0.3 is 10.3 Å². The fraction of sp³-hybridized carbons (Fsp3) is 0.367. The van der Waals surface area contributed by atoms with Crippen LogP contribution in [-0.2, 0) is 11.2 Å². The third kappa shape index (κ3) is 11.9. The number of carbonyl (C=O) groups excluding carboxylic acids is 1. The number of rotatable bonds is 16. The molecule has 0 saturated heterocycles. The van der Waals surface area contributed by atoms with Crippen LogP contribution in [0.15, 0.2) is 91.2 Å². The lowest BCUT2D eigenvalue weighted by atomic mass is 10.1. The maximum absolute atomic E-state index is 12.0. The highest BCUT2D eigenvalue weighted by molar-refractivity contribution is 5.83. The van der Waals surface area contributed by atoms with Gasteiger partial charge in [0.25, 0.3) is 0 Å². The fourth-order valence-electron chi connectivity index (χ4n) is 3.51. The van der Waals surface area contributed by atoms with Gasteiger partial charge in [-0.2, -0.15) is 0 Å². The number of carbonyl (C=O) groups is 1. The van der Waals surface area contributed by atoms with Crippen molar-refractivity contribution in [1.82, 2.24) is 10.3 Å². The Bertz CT molecular complexity index is 943. The summed E-state index contributed by atoms with van der Waals surface area (Å²) in [5.41, 5.74) is 2.40. The summed E-state index contributed by atoms with van der Waals surface area (Å²) in [6.07, 6.45) is 32.4. The molecule has 0 aliphatic rings. The predicted octanol–water partition coefficient (Wildman–Crippen LogP) is 7.75. The molecular weight excluding hydrogens is 404 g/mol. The summed E-state index contributed by atoms with van der Waals surface area (Å²) < 4.78 is 0. The van der Waals surface area contributed by atoms with Crippen molar-refractivity contribution >= 4 is 16.8 Å². The third-order valence-electron chi connectivity index (χ3n) is 5.32. The second-order valence-corrected chi connectivity index (χ2v) is 8.06. The lowest BCUT2D eigenvalue weighted by Gasteiger charge is -2.04. The lowest BCUT2D eigenvalue weighted by Crippen LogP contribution is -2.25. The number of fused-ring (bicyclic) bond motifs is 1. The molecule has 2 aromatic rings. The summed E-state index contributed by atoms with van der Waals surface area (Å²) in [7, 11) is 0. The Balaban J connectivity index is 1.44. The van der Waals surface area contributed by atoms with Crippen molar-refractivity contribution in [2.75, 3.05) is 6.54 Å². The summed E-state index contributed by atoms with van der Waals surface area (Å²) >= 11 is 0. The molecule has 2 rings (SSSR count). The van der Waals surface area contributed by atoms with Crippen LogP contribution in [0.4, 0.5) is 0 Å². The molecule has 0 radical (unpaired) electrons. The molecule has 0 aliphatic carbocycles. The van der Waals surface area contributed by atoms with Crippen molar-refractivity contribution in [1.29, 1.82) is 0 Å². The minimum atomic E-state index is 0.141. The Labute approximate surface area is 200 Å². The van der Waals surface area contributed by atoms with Gasteiger partial charge in [0.05, 0.1) is 0 Å². The van der Waals surface area contributed by atoms with Crippen molar-refractivity contribution in [2.24, 2.45) is 0 Å². The number of amides is 1. The van der Waals surface area contributed by atoms with Gasteiger partial charge in [-0.3, -0.25) is 4.79 Å². The molecule has 0 fully saturated rings. The van der Waals surface area contributed by atoms with E-state index in [1.165, 1.54) is 10.9 Å². The molecule has 3 nitrogen and oxygen atoms in total. The SMILES string of the molecule is CC/C=C\C/C=C\C/C=C\C/C=C\C/C=C\CCCC(=O)NCCc1c[nH]c2ccccc12. The van der Waals surface area contributed by atoms with Crippen molar-refractivity contribution < 1.29 is 4.79 Å². The fourth-order valence-corrected chi connectivity index (χ4v) is 3.51. The second kappa shape index (κ2) is 17.5. The van der Waals surface area contributed by atoms with E-state index >= 15 is 0 Å². The van der Waals surface area contributed by atoms with E-state index < -0.39 is 0 Å². The highest BCUT2D eigenvalue weighted by Gasteiger charge is 2.04. The Morgan fingerprint density at radius 1 is 0.848 bits per heavy atom. The topological polar surface area (TPSA) is 44.9 Å². The van der Waals surface area contributed by atoms with Crippen molar-refractivity contribution in [3.05, 3.63) is 96.8 Å². The van der Waals surface area contributed by atoms with Gasteiger partial charge in [-0.25, -0.2) is 0 Å². The molecule has 3 heteroatoms. The van der Waals surface area contributed by atoms with Crippen LogP contribution in [0.2, 0.25) is 0 Å². The zero-order valence-corrected chi connectivity index (χ0v) is 20.1. The van der Waals surface area contributed by atoms with E-state index in [1.807, 2.05) is 18.3 Å². The van der Waals surface area contributed by atoms with Gasteiger partial charge in [0, 0.05) is 30.1 Å². The molecule has 2 N–H and O–H groups in total. The monoisotopic (exact) mass is 444 g/mol. The Morgan fingerprint density at radius 3 is 2.12 bits per heavy atom. The number of para-hydroxylation sites is 1. The number of hydrogen-bond acceptors (Lipinski definition) is 1. The molecule has 1 aromatic heterocycles. The van der Waals surface area contributed by atoms with Crippen LogP contribution in [0.25, 0.3) is 10.9 Å². The molecule has 0 bridgehead atoms. The van der Waals surface area contributed by atoms with Gasteiger partial charge >= 0.3 is 0 Å². The van der Waals surface area contributed by atoms with Gasteiger partial charge in [-0.15, -0.1) is 0 Å². The first-order chi connectivity index (χ1) is 16.3. The van der Waals surface area contributed by atoms with E-state index in [9.17, 15) is 4.79 Å². The number of aromatic amines is 1. The lowest BCUT2D eigenvalue weighted by molar-refractivity contribution is -0.121. The molecule has 1 amide bonds. The van der Waals surface area contributed by atoms with Gasteiger partial charge in [0.2, 0.25) is 5.91 Å². The summed E-state index contributed by atoms with van der Waals surface area (Å²) in [5, 5.41) is 4.28. The molecular formula is C30H40N2O. The average Bonchev–Trinajstić information content (AvgIpc) is 3.24. The number of H-pyrrole nitrogens is 1. The number of allylic oxidation sites excluding steroid dienone is 10. The van der Waals surface area contributed by atoms with Crippen LogP contribution in [-0.4, -0.2) is 17.4 Å². The van der Waals surface area contributed by atoms with Crippen LogP contribution >= 0.6 is 0 Å². The van der Waals surface area contributed by atoms with Crippen molar-refractivity contribution in [2.45, 2.75) is 64.7 Å². The van der Waals surface area contributed by atoms with Gasteiger partial charge in [-0.05, 0) is 63.0 Å². The summed E-state index contributed by atoms with van der Waals surface area (Å²) in [6.45, 7) is 2.84. The van der Waals surface area contributed by atoms with Crippen LogP contribution in [0, 0.1) is 0 Å². The van der Waals surface area contributed by atoms with Gasteiger partial charge in [0.1, 0.15) is 0 Å². The van der Waals surface area contributed by atoms with Gasteiger partial charge in [0.15, 0.2) is 0 Å². The quantitative estimate of drug-likeness (QED) is 0.202. The summed E-state index contributed by atoms with van der Waals surface area (Å²) in [4.78, 5) is 15.3. The number of benzene rings is 1. The van der Waals surface area contributed by atoms with Crippen LogP contribution in [0.3, 0.4) is 0 Å². The Hall–Kier alpha value is -3.07. The standard InChI is InChI=1S/C30H40N2O/c1-2-3-4-5-6-7-8-9-10-11-12-13-14-15-16-17-18-23-30(33)31-25-24-27-26-32-29-22-20-19-21-28(27)29/h3-4,6-7,9-10,12-13,15-16,19-22,26,32H,2,5,8,11,14,17-18,23-25H2,1H3,(H,31,33)/b4-3-,7-6-,10-9-,13-12-,16-15-. The molecule has 176 valence electrons. The van der Waals surface area contributed by atoms with E-state index in [0.29, 0.717) is 13.0 Å². The first kappa shape index (κ1) is 26.2. The molecule has 1 aromatic carbocycles. The molecule has 0 saturated carbocycles. The first-order valence-electron chi connectivity index (χ1n) is 12.4.